The van der Waals surface area contributed by atoms with E-state index in [1.54, 1.807) is 24.3 Å². The van der Waals surface area contributed by atoms with E-state index in [2.05, 4.69) is 10.6 Å². The number of alkyl halides is 3. The van der Waals surface area contributed by atoms with E-state index in [0.29, 0.717) is 17.2 Å². The maximum atomic E-state index is 13.6. The Kier molecular flexibility index (Phi) is 10.9. The Bertz CT molecular complexity index is 2040. The molecule has 7 nitrogen and oxygen atoms in total. The zero-order valence-electron chi connectivity index (χ0n) is 27.8. The summed E-state index contributed by atoms with van der Waals surface area (Å²) in [6.07, 6.45) is -4.80. The molecule has 0 aliphatic rings. The number of benzene rings is 5. The van der Waals surface area contributed by atoms with E-state index < -0.39 is 40.6 Å². The molecule has 0 spiro atoms. The van der Waals surface area contributed by atoms with Crippen LogP contribution in [0.5, 0.6) is 11.5 Å². The molecule has 3 N–H and O–H groups in total. The second kappa shape index (κ2) is 15.1. The smallest absolute Gasteiger partial charge is 0.417 e. The number of hydrogen-bond acceptors (Lipinski definition) is 4. The number of carboxylic acid groups (broad SMARTS) is 1. The summed E-state index contributed by atoms with van der Waals surface area (Å²) in [6.45, 7) is 6.10. The van der Waals surface area contributed by atoms with Crippen LogP contribution in [0.25, 0.3) is 11.1 Å². The Morgan fingerprint density at radius 3 is 2.00 bits per heavy atom. The van der Waals surface area contributed by atoms with Crippen molar-refractivity contribution in [1.82, 2.24) is 5.32 Å². The van der Waals surface area contributed by atoms with Crippen LogP contribution in [0.1, 0.15) is 58.2 Å². The van der Waals surface area contributed by atoms with E-state index in [0.717, 1.165) is 22.8 Å². The number of halogens is 4. The van der Waals surface area contributed by atoms with Gasteiger partial charge in [-0.15, -0.1) is 0 Å². The minimum absolute atomic E-state index is 0.0212. The summed E-state index contributed by atoms with van der Waals surface area (Å²) in [7, 11) is 0. The van der Waals surface area contributed by atoms with E-state index in [-0.39, 0.29) is 34.6 Å². The number of carbonyl (C=O) groups excluding carboxylic acids is 2. The Morgan fingerprint density at radius 1 is 0.765 bits per heavy atom. The number of nitrogens with one attached hydrogen (secondary N) is 2. The number of ether oxygens (including phenoxy) is 1. The first kappa shape index (κ1) is 36.7. The lowest BCUT2D eigenvalue weighted by molar-refractivity contribution is -0.139. The van der Waals surface area contributed by atoms with E-state index in [1.807, 2.05) is 75.4 Å². The largest absolute Gasteiger partial charge is 0.480 e. The van der Waals surface area contributed by atoms with Gasteiger partial charge in [-0.25, -0.2) is 4.79 Å². The van der Waals surface area contributed by atoms with Gasteiger partial charge in [0.05, 0.1) is 16.3 Å². The Labute approximate surface area is 298 Å². The molecule has 0 bridgehead atoms. The van der Waals surface area contributed by atoms with Crippen LogP contribution in [-0.2, 0) is 22.8 Å². The summed E-state index contributed by atoms with van der Waals surface area (Å²) in [4.78, 5) is 38.9. The topological polar surface area (TPSA) is 105 Å². The lowest BCUT2D eigenvalue weighted by Crippen LogP contribution is -2.42. The van der Waals surface area contributed by atoms with E-state index >= 15 is 0 Å². The highest BCUT2D eigenvalue weighted by molar-refractivity contribution is 6.31. The number of rotatable bonds is 10. The molecular formula is C40H34ClF3N2O5. The number of anilines is 1. The van der Waals surface area contributed by atoms with Gasteiger partial charge < -0.3 is 20.5 Å². The molecule has 0 fully saturated rings. The van der Waals surface area contributed by atoms with E-state index in [1.165, 1.54) is 24.3 Å². The van der Waals surface area contributed by atoms with Crippen molar-refractivity contribution in [2.45, 2.75) is 44.8 Å². The molecule has 5 aromatic rings. The van der Waals surface area contributed by atoms with Gasteiger partial charge in [0.15, 0.2) is 5.75 Å². The van der Waals surface area contributed by atoms with Crippen LogP contribution in [-0.4, -0.2) is 28.9 Å². The van der Waals surface area contributed by atoms with Crippen molar-refractivity contribution in [3.63, 3.8) is 0 Å². The van der Waals surface area contributed by atoms with Gasteiger partial charge in [-0.05, 0) is 76.2 Å². The molecule has 51 heavy (non-hydrogen) atoms. The first-order chi connectivity index (χ1) is 24.1. The maximum Gasteiger partial charge on any atom is 0.417 e. The van der Waals surface area contributed by atoms with Gasteiger partial charge in [0, 0.05) is 17.5 Å². The first-order valence-electron chi connectivity index (χ1n) is 15.9. The van der Waals surface area contributed by atoms with Crippen molar-refractivity contribution in [3.05, 3.63) is 148 Å². The fourth-order valence-electron chi connectivity index (χ4n) is 5.22. The molecule has 0 unspecified atom stereocenters. The van der Waals surface area contributed by atoms with Gasteiger partial charge in [-0.3, -0.25) is 9.59 Å². The SMILES string of the molecule is CC(C)(C)c1ccc(C(=O)Nc2ccc(C(=O)N[C@@H](Cc3ccc(-c4ccccc4)cc3)C(=O)O)cc2Oc2ccc(Cl)c(C(F)(F)F)c2)cc1. The fourth-order valence-corrected chi connectivity index (χ4v) is 5.45. The molecule has 0 aromatic heterocycles. The molecule has 11 heteroatoms. The normalized spacial score (nSPS) is 12.1. The van der Waals surface area contributed by atoms with Crippen LogP contribution in [0, 0.1) is 0 Å². The van der Waals surface area contributed by atoms with Crippen molar-refractivity contribution >= 4 is 35.1 Å². The van der Waals surface area contributed by atoms with Crippen LogP contribution in [0.3, 0.4) is 0 Å². The van der Waals surface area contributed by atoms with Crippen LogP contribution in [0.2, 0.25) is 5.02 Å². The van der Waals surface area contributed by atoms with Crippen molar-refractivity contribution in [3.8, 4) is 22.6 Å². The van der Waals surface area contributed by atoms with Gasteiger partial charge in [-0.2, -0.15) is 13.2 Å². The van der Waals surface area contributed by atoms with Gasteiger partial charge >= 0.3 is 12.1 Å². The highest BCUT2D eigenvalue weighted by atomic mass is 35.5. The Morgan fingerprint density at radius 2 is 1.39 bits per heavy atom. The molecular weight excluding hydrogens is 681 g/mol. The zero-order chi connectivity index (χ0) is 36.9. The lowest BCUT2D eigenvalue weighted by Gasteiger charge is -2.19. The van der Waals surface area contributed by atoms with Gasteiger partial charge in [0.1, 0.15) is 11.8 Å². The van der Waals surface area contributed by atoms with E-state index in [9.17, 15) is 32.7 Å². The first-order valence-corrected chi connectivity index (χ1v) is 16.2. The molecule has 0 saturated heterocycles. The zero-order valence-corrected chi connectivity index (χ0v) is 28.6. The molecule has 262 valence electrons. The highest BCUT2D eigenvalue weighted by Gasteiger charge is 2.34. The molecule has 0 saturated carbocycles. The molecule has 5 rings (SSSR count). The lowest BCUT2D eigenvalue weighted by atomic mass is 9.87. The monoisotopic (exact) mass is 714 g/mol. The van der Waals surface area contributed by atoms with Crippen molar-refractivity contribution in [2.75, 3.05) is 5.32 Å². The summed E-state index contributed by atoms with van der Waals surface area (Å²) in [5.41, 5.74) is 2.63. The maximum absolute atomic E-state index is 13.6. The average Bonchev–Trinajstić information content (AvgIpc) is 3.09. The summed E-state index contributed by atoms with van der Waals surface area (Å²) in [6, 6.07) is 29.4. The van der Waals surface area contributed by atoms with Crippen molar-refractivity contribution < 1.29 is 37.4 Å². The third-order valence-corrected chi connectivity index (χ3v) is 8.41. The summed E-state index contributed by atoms with van der Waals surface area (Å²) in [5, 5.41) is 14.6. The molecule has 0 radical (unpaired) electrons. The minimum Gasteiger partial charge on any atom is -0.480 e. The highest BCUT2D eigenvalue weighted by Crippen LogP contribution is 2.39. The average molecular weight is 715 g/mol. The Balaban J connectivity index is 1.41. The quantitative estimate of drug-likeness (QED) is 0.134. The fraction of sp³-hybridized carbons (Fsp3) is 0.175. The second-order valence-electron chi connectivity index (χ2n) is 12.9. The second-order valence-corrected chi connectivity index (χ2v) is 13.3. The predicted molar refractivity (Wildman–Crippen MR) is 191 cm³/mol. The molecule has 0 heterocycles. The van der Waals surface area contributed by atoms with Crippen molar-refractivity contribution in [1.29, 1.82) is 0 Å². The Hall–Kier alpha value is -5.61. The van der Waals surface area contributed by atoms with Crippen molar-refractivity contribution in [2.24, 2.45) is 0 Å². The third-order valence-electron chi connectivity index (χ3n) is 8.08. The number of carbonyl (C=O) groups is 3. The molecule has 0 aliphatic heterocycles. The standard InChI is InChI=1S/C40H34ClF3N2O5/c1-39(2,3)29-16-13-27(14-17-29)36(47)45-33-20-15-28(22-35(33)51-30-18-19-32(41)31(23-30)40(42,43)44)37(48)46-34(38(49)50)21-24-9-11-26(12-10-24)25-7-5-4-6-8-25/h4-20,22-23,34H,21H2,1-3H3,(H,45,47)(H,46,48)(H,49,50)/t34-/m0/s1. The van der Waals surface area contributed by atoms with Crippen LogP contribution >= 0.6 is 11.6 Å². The summed E-state index contributed by atoms with van der Waals surface area (Å²) in [5.74, 6) is -3.02. The number of aliphatic carboxylic acids is 1. The van der Waals surface area contributed by atoms with Gasteiger partial charge in [0.25, 0.3) is 11.8 Å². The number of carboxylic acids is 1. The molecule has 1 atom stereocenters. The molecule has 0 aliphatic carbocycles. The van der Waals surface area contributed by atoms with Crippen LogP contribution < -0.4 is 15.4 Å². The summed E-state index contributed by atoms with van der Waals surface area (Å²) < 4.78 is 46.7. The van der Waals surface area contributed by atoms with Gasteiger partial charge in [0.2, 0.25) is 0 Å². The third kappa shape index (κ3) is 9.34. The van der Waals surface area contributed by atoms with E-state index in [4.69, 9.17) is 16.3 Å². The number of hydrogen-bond donors (Lipinski definition) is 3. The minimum atomic E-state index is -4.78. The number of amides is 2. The molecule has 2 amide bonds. The molecule has 5 aromatic carbocycles. The van der Waals surface area contributed by atoms with Crippen LogP contribution in [0.15, 0.2) is 115 Å². The van der Waals surface area contributed by atoms with Gasteiger partial charge in [-0.1, -0.05) is 99.1 Å². The van der Waals surface area contributed by atoms with Crippen LogP contribution in [0.4, 0.5) is 18.9 Å². The predicted octanol–water partition coefficient (Wildman–Crippen LogP) is 9.79. The summed E-state index contributed by atoms with van der Waals surface area (Å²) >= 11 is 5.79.